The summed E-state index contributed by atoms with van der Waals surface area (Å²) < 4.78 is 5.63. The van der Waals surface area contributed by atoms with E-state index in [4.69, 9.17) is 4.74 Å². The molecule has 0 aromatic rings. The molecule has 0 spiro atoms. The third-order valence-electron chi connectivity index (χ3n) is 2.99. The zero-order valence-electron chi connectivity index (χ0n) is 9.94. The van der Waals surface area contributed by atoms with Crippen LogP contribution in [-0.4, -0.2) is 25.3 Å². The lowest BCUT2D eigenvalue weighted by Crippen LogP contribution is -2.39. The highest BCUT2D eigenvalue weighted by Gasteiger charge is 2.19. The van der Waals surface area contributed by atoms with Crippen molar-refractivity contribution in [3.05, 3.63) is 0 Å². The molecule has 0 heterocycles. The first-order chi connectivity index (χ1) is 6.64. The minimum absolute atomic E-state index is 0.00659. The number of nitrogens with one attached hydrogen (secondary N) is 1. The summed E-state index contributed by atoms with van der Waals surface area (Å²) in [6.07, 6.45) is 5.70. The zero-order chi connectivity index (χ0) is 10.4. The first-order valence-electron chi connectivity index (χ1n) is 5.99. The smallest absolute Gasteiger partial charge is 0.0750 e. The molecule has 14 heavy (non-hydrogen) atoms. The molecule has 0 saturated heterocycles. The fourth-order valence-electron chi connectivity index (χ4n) is 2.23. The van der Waals surface area contributed by atoms with Gasteiger partial charge in [0.05, 0.1) is 5.60 Å². The van der Waals surface area contributed by atoms with Crippen molar-refractivity contribution >= 4 is 0 Å². The van der Waals surface area contributed by atoms with Crippen LogP contribution in [0.2, 0.25) is 0 Å². The molecule has 2 nitrogen and oxygen atoms in total. The van der Waals surface area contributed by atoms with Crippen LogP contribution in [0.3, 0.4) is 0 Å². The minimum atomic E-state index is -0.00659. The van der Waals surface area contributed by atoms with E-state index >= 15 is 0 Å². The van der Waals surface area contributed by atoms with Crippen molar-refractivity contribution in [1.29, 1.82) is 0 Å². The van der Waals surface area contributed by atoms with E-state index in [1.807, 2.05) is 0 Å². The van der Waals surface area contributed by atoms with Gasteiger partial charge in [-0.25, -0.2) is 0 Å². The Morgan fingerprint density at radius 2 is 1.93 bits per heavy atom. The summed E-state index contributed by atoms with van der Waals surface area (Å²) in [4.78, 5) is 0. The molecule has 2 heteroatoms. The standard InChI is InChI=1S/C12H25NO/c1-4-14-12(2,3)10-13-9-11-7-5-6-8-11/h11,13H,4-10H2,1-3H3. The molecule has 0 atom stereocenters. The van der Waals surface area contributed by atoms with E-state index in [0.29, 0.717) is 0 Å². The Morgan fingerprint density at radius 1 is 1.29 bits per heavy atom. The van der Waals surface area contributed by atoms with Crippen LogP contribution in [0, 0.1) is 5.92 Å². The molecule has 0 aromatic carbocycles. The molecule has 1 fully saturated rings. The summed E-state index contributed by atoms with van der Waals surface area (Å²) in [6, 6.07) is 0. The van der Waals surface area contributed by atoms with E-state index in [1.54, 1.807) is 0 Å². The highest BCUT2D eigenvalue weighted by molar-refractivity contribution is 4.75. The minimum Gasteiger partial charge on any atom is -0.375 e. The Labute approximate surface area is 88.4 Å². The average Bonchev–Trinajstić information content (AvgIpc) is 2.56. The van der Waals surface area contributed by atoms with Crippen LogP contribution in [0.25, 0.3) is 0 Å². The molecule has 0 aliphatic heterocycles. The molecule has 0 unspecified atom stereocenters. The second kappa shape index (κ2) is 5.72. The molecule has 1 aliphatic carbocycles. The van der Waals surface area contributed by atoms with Crippen molar-refractivity contribution in [2.24, 2.45) is 5.92 Å². The van der Waals surface area contributed by atoms with Crippen LogP contribution < -0.4 is 5.32 Å². The van der Waals surface area contributed by atoms with Gasteiger partial charge in [0.25, 0.3) is 0 Å². The highest BCUT2D eigenvalue weighted by Crippen LogP contribution is 2.23. The number of rotatable bonds is 6. The van der Waals surface area contributed by atoms with Gasteiger partial charge in [0.1, 0.15) is 0 Å². The summed E-state index contributed by atoms with van der Waals surface area (Å²) in [5.74, 6) is 0.924. The lowest BCUT2D eigenvalue weighted by atomic mass is 10.1. The van der Waals surface area contributed by atoms with E-state index in [1.165, 1.54) is 32.2 Å². The molecule has 1 rings (SSSR count). The molecule has 1 aliphatic rings. The Bertz CT molecular complexity index is 150. The van der Waals surface area contributed by atoms with Gasteiger partial charge in [0.2, 0.25) is 0 Å². The maximum absolute atomic E-state index is 5.63. The Morgan fingerprint density at radius 3 is 2.50 bits per heavy atom. The van der Waals surface area contributed by atoms with Gasteiger partial charge < -0.3 is 10.1 Å². The largest absolute Gasteiger partial charge is 0.375 e. The highest BCUT2D eigenvalue weighted by atomic mass is 16.5. The van der Waals surface area contributed by atoms with Gasteiger partial charge in [-0.15, -0.1) is 0 Å². The summed E-state index contributed by atoms with van der Waals surface area (Å²) in [7, 11) is 0. The third kappa shape index (κ3) is 4.43. The second-order valence-electron chi connectivity index (χ2n) is 4.97. The molecule has 0 amide bonds. The van der Waals surface area contributed by atoms with E-state index < -0.39 is 0 Å². The van der Waals surface area contributed by atoms with Gasteiger partial charge in [-0.3, -0.25) is 0 Å². The maximum atomic E-state index is 5.63. The Hall–Kier alpha value is -0.0800. The van der Waals surface area contributed by atoms with Crippen molar-refractivity contribution in [2.45, 2.75) is 52.1 Å². The van der Waals surface area contributed by atoms with Crippen molar-refractivity contribution in [2.75, 3.05) is 19.7 Å². The van der Waals surface area contributed by atoms with Gasteiger partial charge >= 0.3 is 0 Å². The molecule has 0 radical (unpaired) electrons. The van der Waals surface area contributed by atoms with Crippen LogP contribution in [0.4, 0.5) is 0 Å². The molecular formula is C12H25NO. The number of hydrogen-bond donors (Lipinski definition) is 1. The van der Waals surface area contributed by atoms with Crippen molar-refractivity contribution in [3.8, 4) is 0 Å². The van der Waals surface area contributed by atoms with E-state index in [9.17, 15) is 0 Å². The second-order valence-corrected chi connectivity index (χ2v) is 4.97. The maximum Gasteiger partial charge on any atom is 0.0750 e. The first-order valence-corrected chi connectivity index (χ1v) is 5.99. The molecule has 0 aromatic heterocycles. The van der Waals surface area contributed by atoms with Crippen LogP contribution in [-0.2, 0) is 4.74 Å². The molecule has 1 saturated carbocycles. The zero-order valence-corrected chi connectivity index (χ0v) is 9.94. The predicted molar refractivity (Wildman–Crippen MR) is 60.5 cm³/mol. The molecule has 84 valence electrons. The Kier molecular flexibility index (Phi) is 4.90. The van der Waals surface area contributed by atoms with Crippen LogP contribution >= 0.6 is 0 Å². The topological polar surface area (TPSA) is 21.3 Å². The number of ether oxygens (including phenoxy) is 1. The van der Waals surface area contributed by atoms with Crippen molar-refractivity contribution < 1.29 is 4.74 Å². The van der Waals surface area contributed by atoms with E-state index in [0.717, 1.165) is 19.1 Å². The quantitative estimate of drug-likeness (QED) is 0.710. The lowest BCUT2D eigenvalue weighted by molar-refractivity contribution is -0.00918. The van der Waals surface area contributed by atoms with E-state index in [-0.39, 0.29) is 5.60 Å². The lowest BCUT2D eigenvalue weighted by Gasteiger charge is -2.25. The summed E-state index contributed by atoms with van der Waals surface area (Å²) >= 11 is 0. The molecule has 0 bridgehead atoms. The fourth-order valence-corrected chi connectivity index (χ4v) is 2.23. The predicted octanol–water partition coefficient (Wildman–Crippen LogP) is 2.58. The summed E-state index contributed by atoms with van der Waals surface area (Å²) in [5.41, 5.74) is -0.00659. The normalized spacial score (nSPS) is 19.1. The number of hydrogen-bond acceptors (Lipinski definition) is 2. The van der Waals surface area contributed by atoms with Gasteiger partial charge in [0, 0.05) is 13.2 Å². The van der Waals surface area contributed by atoms with Crippen LogP contribution in [0.5, 0.6) is 0 Å². The van der Waals surface area contributed by atoms with E-state index in [2.05, 4.69) is 26.1 Å². The van der Waals surface area contributed by atoms with Gasteiger partial charge in [-0.2, -0.15) is 0 Å². The SMILES string of the molecule is CCOC(C)(C)CNCC1CCCC1. The monoisotopic (exact) mass is 199 g/mol. The van der Waals surface area contributed by atoms with Gasteiger partial charge in [-0.1, -0.05) is 12.8 Å². The van der Waals surface area contributed by atoms with Crippen LogP contribution in [0.1, 0.15) is 46.5 Å². The summed E-state index contributed by atoms with van der Waals surface area (Å²) in [5, 5.41) is 3.53. The third-order valence-corrected chi connectivity index (χ3v) is 2.99. The summed E-state index contributed by atoms with van der Waals surface area (Å²) in [6.45, 7) is 9.31. The molecule has 1 N–H and O–H groups in total. The van der Waals surface area contributed by atoms with Gasteiger partial charge in [-0.05, 0) is 46.1 Å². The first kappa shape index (κ1) is 12.0. The Balaban J connectivity index is 2.07. The molecular weight excluding hydrogens is 174 g/mol. The van der Waals surface area contributed by atoms with Crippen LogP contribution in [0.15, 0.2) is 0 Å². The van der Waals surface area contributed by atoms with Crippen molar-refractivity contribution in [3.63, 3.8) is 0 Å². The van der Waals surface area contributed by atoms with Crippen molar-refractivity contribution in [1.82, 2.24) is 5.32 Å². The fraction of sp³-hybridized carbons (Fsp3) is 1.00. The van der Waals surface area contributed by atoms with Gasteiger partial charge in [0.15, 0.2) is 0 Å². The average molecular weight is 199 g/mol.